The van der Waals surface area contributed by atoms with E-state index in [1.54, 1.807) is 0 Å². The monoisotopic (exact) mass is 342 g/mol. The fraction of sp³-hybridized carbons (Fsp3) is 0.750. The van der Waals surface area contributed by atoms with Crippen molar-refractivity contribution in [3.63, 3.8) is 0 Å². The lowest BCUT2D eigenvalue weighted by atomic mass is 9.77. The molecule has 1 aromatic carbocycles. The molecule has 2 unspecified atom stereocenters. The maximum Gasteiger partial charge on any atom is 0.0825 e. The van der Waals surface area contributed by atoms with Crippen molar-refractivity contribution in [1.82, 2.24) is 0 Å². The Morgan fingerprint density at radius 1 is 0.800 bits per heavy atom. The maximum absolute atomic E-state index is 6.25. The molecule has 1 aliphatic carbocycles. The highest BCUT2D eigenvalue weighted by molar-refractivity contribution is 5.24. The van der Waals surface area contributed by atoms with Crippen LogP contribution in [0.15, 0.2) is 24.3 Å². The fourth-order valence-corrected chi connectivity index (χ4v) is 4.88. The van der Waals surface area contributed by atoms with Crippen molar-refractivity contribution < 1.29 is 4.74 Å². The molecular formula is C24H38O. The van der Waals surface area contributed by atoms with E-state index in [1.807, 2.05) is 0 Å². The van der Waals surface area contributed by atoms with Crippen LogP contribution in [-0.2, 0) is 11.2 Å². The van der Waals surface area contributed by atoms with Gasteiger partial charge in [0.05, 0.1) is 12.7 Å². The van der Waals surface area contributed by atoms with Crippen molar-refractivity contribution in [3.8, 4) is 0 Å². The summed E-state index contributed by atoms with van der Waals surface area (Å²) in [6.45, 7) is 5.58. The number of rotatable bonds is 7. The van der Waals surface area contributed by atoms with Crippen molar-refractivity contribution in [1.29, 1.82) is 0 Å². The smallest absolute Gasteiger partial charge is 0.0825 e. The van der Waals surface area contributed by atoms with Crippen LogP contribution in [0.4, 0.5) is 0 Å². The molecule has 1 aliphatic heterocycles. The van der Waals surface area contributed by atoms with Gasteiger partial charge in [-0.15, -0.1) is 0 Å². The Morgan fingerprint density at radius 3 is 2.04 bits per heavy atom. The van der Waals surface area contributed by atoms with Gasteiger partial charge in [-0.2, -0.15) is 0 Å². The van der Waals surface area contributed by atoms with Gasteiger partial charge in [-0.25, -0.2) is 0 Å². The first-order valence-electron chi connectivity index (χ1n) is 11.0. The summed E-state index contributed by atoms with van der Waals surface area (Å²) < 4.78 is 6.25. The molecule has 0 amide bonds. The predicted molar refractivity (Wildman–Crippen MR) is 107 cm³/mol. The zero-order valence-electron chi connectivity index (χ0n) is 16.5. The van der Waals surface area contributed by atoms with Crippen LogP contribution in [0.25, 0.3) is 0 Å². The highest BCUT2D eigenvalue weighted by atomic mass is 16.5. The molecule has 1 nitrogen and oxygen atoms in total. The molecule has 2 atom stereocenters. The van der Waals surface area contributed by atoms with Crippen LogP contribution >= 0.6 is 0 Å². The number of benzene rings is 1. The highest BCUT2D eigenvalue weighted by Gasteiger charge is 2.25. The lowest BCUT2D eigenvalue weighted by molar-refractivity contribution is -0.0212. The number of ether oxygens (including phenoxy) is 1. The second-order valence-corrected chi connectivity index (χ2v) is 8.63. The van der Waals surface area contributed by atoms with E-state index in [4.69, 9.17) is 4.74 Å². The third-order valence-corrected chi connectivity index (χ3v) is 6.79. The van der Waals surface area contributed by atoms with Crippen LogP contribution in [0, 0.1) is 17.8 Å². The van der Waals surface area contributed by atoms with Crippen molar-refractivity contribution in [2.75, 3.05) is 6.61 Å². The third-order valence-electron chi connectivity index (χ3n) is 6.79. The average Bonchev–Trinajstić information content (AvgIpc) is 2.68. The minimum absolute atomic E-state index is 0.340. The largest absolute Gasteiger partial charge is 0.373 e. The fourth-order valence-electron chi connectivity index (χ4n) is 4.88. The Kier molecular flexibility index (Phi) is 7.40. The van der Waals surface area contributed by atoms with Gasteiger partial charge < -0.3 is 4.74 Å². The summed E-state index contributed by atoms with van der Waals surface area (Å²) in [5.41, 5.74) is 2.84. The van der Waals surface area contributed by atoms with Crippen molar-refractivity contribution in [2.45, 2.75) is 90.6 Å². The van der Waals surface area contributed by atoms with Crippen molar-refractivity contribution >= 4 is 0 Å². The number of hydrogen-bond donors (Lipinski definition) is 0. The van der Waals surface area contributed by atoms with Crippen LogP contribution in [0.2, 0.25) is 0 Å². The van der Waals surface area contributed by atoms with Crippen LogP contribution in [-0.4, -0.2) is 6.61 Å². The van der Waals surface area contributed by atoms with Gasteiger partial charge in [-0.1, -0.05) is 83.1 Å². The molecule has 0 aromatic heterocycles. The molecule has 0 N–H and O–H groups in total. The van der Waals surface area contributed by atoms with Gasteiger partial charge in [0.1, 0.15) is 0 Å². The van der Waals surface area contributed by atoms with Gasteiger partial charge in [0.25, 0.3) is 0 Å². The summed E-state index contributed by atoms with van der Waals surface area (Å²) in [7, 11) is 0. The molecule has 0 spiro atoms. The van der Waals surface area contributed by atoms with Gasteiger partial charge in [-0.3, -0.25) is 0 Å². The molecule has 1 saturated carbocycles. The summed E-state index contributed by atoms with van der Waals surface area (Å²) >= 11 is 0. The zero-order chi connectivity index (χ0) is 17.5. The SMILES string of the molecule is CCCc1ccc(C2CCC(CCC3CCC(CC)CC3)CO2)cc1. The molecule has 1 aromatic rings. The van der Waals surface area contributed by atoms with Crippen molar-refractivity contribution in [2.24, 2.45) is 17.8 Å². The van der Waals surface area contributed by atoms with Gasteiger partial charge >= 0.3 is 0 Å². The van der Waals surface area contributed by atoms with Crippen molar-refractivity contribution in [3.05, 3.63) is 35.4 Å². The average molecular weight is 343 g/mol. The molecule has 0 bridgehead atoms. The van der Waals surface area contributed by atoms with Crippen LogP contribution in [0.1, 0.15) is 95.3 Å². The summed E-state index contributed by atoms with van der Waals surface area (Å²) in [4.78, 5) is 0. The number of aryl methyl sites for hydroxylation is 1. The summed E-state index contributed by atoms with van der Waals surface area (Å²) in [5.74, 6) is 2.84. The van der Waals surface area contributed by atoms with E-state index in [-0.39, 0.29) is 0 Å². The first-order valence-corrected chi connectivity index (χ1v) is 11.0. The van der Waals surface area contributed by atoms with E-state index >= 15 is 0 Å². The van der Waals surface area contributed by atoms with Crippen LogP contribution in [0.5, 0.6) is 0 Å². The third kappa shape index (κ3) is 5.58. The van der Waals surface area contributed by atoms with E-state index in [1.165, 1.54) is 81.8 Å². The predicted octanol–water partition coefficient (Wildman–Crippen LogP) is 7.10. The Bertz CT molecular complexity index is 475. The van der Waals surface area contributed by atoms with Gasteiger partial charge in [0, 0.05) is 0 Å². The Balaban J connectivity index is 1.37. The molecule has 0 radical (unpaired) electrons. The Hall–Kier alpha value is -0.820. The Morgan fingerprint density at radius 2 is 1.44 bits per heavy atom. The zero-order valence-corrected chi connectivity index (χ0v) is 16.5. The lowest BCUT2D eigenvalue weighted by Gasteiger charge is -2.32. The molecule has 1 heteroatoms. The standard InChI is InChI=1S/C24H38O/c1-3-5-20-12-15-23(16-13-20)24-17-14-22(18-25-24)11-10-21-8-6-19(4-2)7-9-21/h12-13,15-16,19,21-22,24H,3-11,14,17-18H2,1-2H3. The molecule has 1 saturated heterocycles. The second kappa shape index (κ2) is 9.76. The van der Waals surface area contributed by atoms with Gasteiger partial charge in [-0.05, 0) is 54.6 Å². The van der Waals surface area contributed by atoms with Crippen LogP contribution in [0.3, 0.4) is 0 Å². The molecule has 2 aliphatic rings. The first-order chi connectivity index (χ1) is 12.3. The quantitative estimate of drug-likeness (QED) is 0.513. The molecule has 25 heavy (non-hydrogen) atoms. The summed E-state index contributed by atoms with van der Waals surface area (Å²) in [5, 5.41) is 0. The summed E-state index contributed by atoms with van der Waals surface area (Å²) in [6.07, 6.45) is 15.5. The van der Waals surface area contributed by atoms with E-state index in [2.05, 4.69) is 38.1 Å². The van der Waals surface area contributed by atoms with E-state index in [0.29, 0.717) is 6.10 Å². The molecule has 2 fully saturated rings. The number of hydrogen-bond acceptors (Lipinski definition) is 1. The van der Waals surface area contributed by atoms with Gasteiger partial charge in [0.15, 0.2) is 0 Å². The Labute approximate surface area is 155 Å². The molecule has 3 rings (SSSR count). The first kappa shape index (κ1) is 19.0. The lowest BCUT2D eigenvalue weighted by Crippen LogP contribution is -2.22. The molecule has 1 heterocycles. The van der Waals surface area contributed by atoms with E-state index in [0.717, 1.165) is 24.4 Å². The minimum Gasteiger partial charge on any atom is -0.373 e. The van der Waals surface area contributed by atoms with E-state index < -0.39 is 0 Å². The van der Waals surface area contributed by atoms with Crippen LogP contribution < -0.4 is 0 Å². The molecular weight excluding hydrogens is 304 g/mol. The van der Waals surface area contributed by atoms with Gasteiger partial charge in [0.2, 0.25) is 0 Å². The second-order valence-electron chi connectivity index (χ2n) is 8.63. The van der Waals surface area contributed by atoms with E-state index in [9.17, 15) is 0 Å². The minimum atomic E-state index is 0.340. The maximum atomic E-state index is 6.25. The summed E-state index contributed by atoms with van der Waals surface area (Å²) in [6, 6.07) is 9.17. The molecule has 140 valence electrons. The normalized spacial score (nSPS) is 30.3. The topological polar surface area (TPSA) is 9.23 Å². The highest BCUT2D eigenvalue weighted by Crippen LogP contribution is 2.37.